The molecule has 2 heterocycles. The number of hydrogen-bond acceptors (Lipinski definition) is 4. The van der Waals surface area contributed by atoms with Gasteiger partial charge in [-0.3, -0.25) is 4.79 Å². The highest BCUT2D eigenvalue weighted by atomic mass is 16.4. The number of rotatable bonds is 3. The summed E-state index contributed by atoms with van der Waals surface area (Å²) in [4.78, 5) is 15.3. The Kier molecular flexibility index (Phi) is 3.05. The molecule has 1 aliphatic heterocycles. The van der Waals surface area contributed by atoms with Gasteiger partial charge in [-0.25, -0.2) is 4.98 Å². The zero-order chi connectivity index (χ0) is 13.2. The largest absolute Gasteiger partial charge is 0.480 e. The van der Waals surface area contributed by atoms with E-state index in [0.29, 0.717) is 13.0 Å². The molecule has 5 heteroatoms. The van der Waals surface area contributed by atoms with Gasteiger partial charge >= 0.3 is 5.97 Å². The van der Waals surface area contributed by atoms with Gasteiger partial charge in [-0.2, -0.15) is 0 Å². The summed E-state index contributed by atoms with van der Waals surface area (Å²) in [6.07, 6.45) is 2.34. The number of nitrogens with one attached hydrogen (secondary N) is 2. The van der Waals surface area contributed by atoms with Crippen LogP contribution in [-0.2, 0) is 4.79 Å². The van der Waals surface area contributed by atoms with E-state index in [4.69, 9.17) is 5.11 Å². The molecule has 0 amide bonds. The summed E-state index contributed by atoms with van der Waals surface area (Å²) < 4.78 is 0. The molecule has 0 spiro atoms. The molecule has 1 saturated heterocycles. The smallest absolute Gasteiger partial charge is 0.320 e. The van der Waals surface area contributed by atoms with Gasteiger partial charge < -0.3 is 15.7 Å². The number of anilines is 1. The molecular formula is C14H15N3O2. The molecule has 0 saturated carbocycles. The molecular weight excluding hydrogens is 242 g/mol. The van der Waals surface area contributed by atoms with Gasteiger partial charge in [0.15, 0.2) is 0 Å². The van der Waals surface area contributed by atoms with Gasteiger partial charge in [-0.1, -0.05) is 24.3 Å². The van der Waals surface area contributed by atoms with Crippen LogP contribution in [0.15, 0.2) is 36.5 Å². The number of benzene rings is 1. The van der Waals surface area contributed by atoms with Crippen molar-refractivity contribution >= 4 is 22.6 Å². The molecule has 19 heavy (non-hydrogen) atoms. The van der Waals surface area contributed by atoms with Gasteiger partial charge in [0.2, 0.25) is 0 Å². The molecule has 1 aromatic heterocycles. The molecule has 3 N–H and O–H groups in total. The fourth-order valence-corrected chi connectivity index (χ4v) is 2.46. The van der Waals surface area contributed by atoms with Crippen molar-refractivity contribution in [2.24, 2.45) is 0 Å². The zero-order valence-corrected chi connectivity index (χ0v) is 10.3. The maximum atomic E-state index is 10.9. The summed E-state index contributed by atoms with van der Waals surface area (Å²) in [7, 11) is 0. The Morgan fingerprint density at radius 1 is 1.37 bits per heavy atom. The fourth-order valence-electron chi connectivity index (χ4n) is 2.46. The van der Waals surface area contributed by atoms with Crippen LogP contribution < -0.4 is 10.6 Å². The number of aliphatic carboxylic acids is 1. The first kappa shape index (κ1) is 11.9. The van der Waals surface area contributed by atoms with Crippen molar-refractivity contribution in [3.63, 3.8) is 0 Å². The van der Waals surface area contributed by atoms with Crippen molar-refractivity contribution in [3.8, 4) is 0 Å². The van der Waals surface area contributed by atoms with Crippen molar-refractivity contribution in [1.29, 1.82) is 0 Å². The SMILES string of the molecule is O=C(O)C1CC(Nc2nccc3ccccc23)CN1. The quantitative estimate of drug-likeness (QED) is 0.776. The van der Waals surface area contributed by atoms with E-state index >= 15 is 0 Å². The molecule has 2 unspecified atom stereocenters. The minimum Gasteiger partial charge on any atom is -0.480 e. The maximum absolute atomic E-state index is 10.9. The number of pyridine rings is 1. The average Bonchev–Trinajstić information content (AvgIpc) is 2.88. The van der Waals surface area contributed by atoms with Gasteiger partial charge in [0, 0.05) is 24.2 Å². The number of aromatic nitrogens is 1. The molecule has 2 aromatic rings. The second kappa shape index (κ2) is 4.85. The maximum Gasteiger partial charge on any atom is 0.320 e. The third-order valence-corrected chi connectivity index (χ3v) is 3.44. The van der Waals surface area contributed by atoms with E-state index in [1.165, 1.54) is 0 Å². The van der Waals surface area contributed by atoms with Crippen LogP contribution in [0.1, 0.15) is 6.42 Å². The zero-order valence-electron chi connectivity index (χ0n) is 10.3. The standard InChI is InChI=1S/C14H15N3O2/c18-14(19)12-7-10(8-16-12)17-13-11-4-2-1-3-9(11)5-6-15-13/h1-6,10,12,16H,7-8H2,(H,15,17)(H,18,19). The number of fused-ring (bicyclic) bond motifs is 1. The molecule has 0 radical (unpaired) electrons. The Morgan fingerprint density at radius 3 is 3.00 bits per heavy atom. The van der Waals surface area contributed by atoms with Crippen LogP contribution in [0.4, 0.5) is 5.82 Å². The number of nitrogens with zero attached hydrogens (tertiary/aromatic N) is 1. The lowest BCUT2D eigenvalue weighted by molar-refractivity contribution is -0.139. The number of carbonyl (C=O) groups is 1. The highest BCUT2D eigenvalue weighted by Gasteiger charge is 2.29. The van der Waals surface area contributed by atoms with Crippen LogP contribution in [-0.4, -0.2) is 34.7 Å². The van der Waals surface area contributed by atoms with Crippen molar-refractivity contribution in [2.75, 3.05) is 11.9 Å². The lowest BCUT2D eigenvalue weighted by Crippen LogP contribution is -2.30. The Hall–Kier alpha value is -2.14. The summed E-state index contributed by atoms with van der Waals surface area (Å²) in [6.45, 7) is 0.641. The number of carboxylic acid groups (broad SMARTS) is 1. The Morgan fingerprint density at radius 2 is 2.21 bits per heavy atom. The van der Waals surface area contributed by atoms with E-state index in [-0.39, 0.29) is 6.04 Å². The highest BCUT2D eigenvalue weighted by molar-refractivity contribution is 5.91. The van der Waals surface area contributed by atoms with Gasteiger partial charge in [-0.05, 0) is 17.9 Å². The van der Waals surface area contributed by atoms with E-state index in [2.05, 4.69) is 15.6 Å². The van der Waals surface area contributed by atoms with E-state index in [1.54, 1.807) is 6.20 Å². The highest BCUT2D eigenvalue weighted by Crippen LogP contribution is 2.22. The molecule has 1 aromatic carbocycles. The van der Waals surface area contributed by atoms with Crippen LogP contribution >= 0.6 is 0 Å². The van der Waals surface area contributed by atoms with Crippen LogP contribution in [0.2, 0.25) is 0 Å². The molecule has 98 valence electrons. The monoisotopic (exact) mass is 257 g/mol. The first-order valence-corrected chi connectivity index (χ1v) is 6.30. The predicted molar refractivity (Wildman–Crippen MR) is 73.2 cm³/mol. The third-order valence-electron chi connectivity index (χ3n) is 3.44. The molecule has 3 rings (SSSR count). The first-order valence-electron chi connectivity index (χ1n) is 6.30. The average molecular weight is 257 g/mol. The van der Waals surface area contributed by atoms with Gasteiger partial charge in [0.1, 0.15) is 11.9 Å². The Labute approximate surface area is 110 Å². The second-order valence-electron chi connectivity index (χ2n) is 4.76. The van der Waals surface area contributed by atoms with E-state index in [0.717, 1.165) is 16.6 Å². The van der Waals surface area contributed by atoms with Crippen molar-refractivity contribution in [3.05, 3.63) is 36.5 Å². The van der Waals surface area contributed by atoms with Crippen LogP contribution in [0, 0.1) is 0 Å². The lowest BCUT2D eigenvalue weighted by Gasteiger charge is -2.14. The number of hydrogen-bond donors (Lipinski definition) is 3. The molecule has 0 aliphatic carbocycles. The third kappa shape index (κ3) is 2.37. The minimum atomic E-state index is -0.796. The van der Waals surface area contributed by atoms with E-state index < -0.39 is 12.0 Å². The van der Waals surface area contributed by atoms with Crippen molar-refractivity contribution < 1.29 is 9.90 Å². The normalized spacial score (nSPS) is 22.5. The fraction of sp³-hybridized carbons (Fsp3) is 0.286. The van der Waals surface area contributed by atoms with Crippen LogP contribution in [0.5, 0.6) is 0 Å². The van der Waals surface area contributed by atoms with E-state index in [9.17, 15) is 4.79 Å². The van der Waals surface area contributed by atoms with Crippen molar-refractivity contribution in [2.45, 2.75) is 18.5 Å². The van der Waals surface area contributed by atoms with E-state index in [1.807, 2.05) is 30.3 Å². The van der Waals surface area contributed by atoms with Crippen LogP contribution in [0.25, 0.3) is 10.8 Å². The molecule has 1 fully saturated rings. The summed E-state index contributed by atoms with van der Waals surface area (Å²) in [6, 6.07) is 9.61. The summed E-state index contributed by atoms with van der Waals surface area (Å²) in [5, 5.41) is 17.5. The number of carboxylic acids is 1. The summed E-state index contributed by atoms with van der Waals surface area (Å²) in [5.74, 6) is 0.0196. The van der Waals surface area contributed by atoms with Gasteiger partial charge in [0.25, 0.3) is 0 Å². The van der Waals surface area contributed by atoms with Crippen molar-refractivity contribution in [1.82, 2.24) is 10.3 Å². The topological polar surface area (TPSA) is 74.2 Å². The summed E-state index contributed by atoms with van der Waals surface area (Å²) in [5.41, 5.74) is 0. The Bertz CT molecular complexity index is 609. The molecule has 2 atom stereocenters. The van der Waals surface area contributed by atoms with Gasteiger partial charge in [-0.15, -0.1) is 0 Å². The minimum absolute atomic E-state index is 0.0967. The summed E-state index contributed by atoms with van der Waals surface area (Å²) >= 11 is 0. The predicted octanol–water partition coefficient (Wildman–Crippen LogP) is 1.46. The first-order chi connectivity index (χ1) is 9.24. The molecule has 0 bridgehead atoms. The Balaban J connectivity index is 1.81. The molecule has 1 aliphatic rings. The molecule has 5 nitrogen and oxygen atoms in total. The van der Waals surface area contributed by atoms with Gasteiger partial charge in [0.05, 0.1) is 0 Å². The second-order valence-corrected chi connectivity index (χ2v) is 4.76. The van der Waals surface area contributed by atoms with Crippen LogP contribution in [0.3, 0.4) is 0 Å². The lowest BCUT2D eigenvalue weighted by atomic mass is 10.1.